The molecule has 5 heteroatoms. The van der Waals surface area contributed by atoms with Crippen LogP contribution in [0.4, 0.5) is 5.69 Å². The SMILES string of the molecule is Cc1ncsc1CNc1c(Cl)cccc1C#N. The lowest BCUT2D eigenvalue weighted by molar-refractivity contribution is 1.12. The van der Waals surface area contributed by atoms with Gasteiger partial charge in [0.25, 0.3) is 0 Å². The average molecular weight is 264 g/mol. The Morgan fingerprint density at radius 1 is 1.53 bits per heavy atom. The minimum absolute atomic E-state index is 0.555. The zero-order chi connectivity index (χ0) is 12.3. The molecule has 0 bridgehead atoms. The number of para-hydroxylation sites is 1. The highest BCUT2D eigenvalue weighted by atomic mass is 35.5. The molecule has 86 valence electrons. The van der Waals surface area contributed by atoms with Crippen LogP contribution in [-0.2, 0) is 6.54 Å². The van der Waals surface area contributed by atoms with E-state index in [1.54, 1.807) is 29.5 Å². The molecule has 0 radical (unpaired) electrons. The van der Waals surface area contributed by atoms with Gasteiger partial charge >= 0.3 is 0 Å². The first-order valence-electron chi connectivity index (χ1n) is 5.04. The Kier molecular flexibility index (Phi) is 3.62. The molecular weight excluding hydrogens is 254 g/mol. The van der Waals surface area contributed by atoms with Crippen molar-refractivity contribution in [2.24, 2.45) is 0 Å². The molecular formula is C12H10ClN3S. The minimum atomic E-state index is 0.555. The van der Waals surface area contributed by atoms with E-state index in [-0.39, 0.29) is 0 Å². The van der Waals surface area contributed by atoms with Crippen LogP contribution in [0.5, 0.6) is 0 Å². The Labute approximate surface area is 109 Å². The molecule has 0 unspecified atom stereocenters. The molecule has 0 saturated carbocycles. The molecule has 2 aromatic rings. The summed E-state index contributed by atoms with van der Waals surface area (Å²) in [4.78, 5) is 5.32. The highest BCUT2D eigenvalue weighted by Crippen LogP contribution is 2.26. The van der Waals surface area contributed by atoms with Crippen LogP contribution in [0.25, 0.3) is 0 Å². The Bertz CT molecular complexity index is 571. The number of benzene rings is 1. The van der Waals surface area contributed by atoms with Gasteiger partial charge in [0.2, 0.25) is 0 Å². The second-order valence-corrected chi connectivity index (χ2v) is 4.84. The van der Waals surface area contributed by atoms with Gasteiger partial charge in [-0.25, -0.2) is 4.98 Å². The summed E-state index contributed by atoms with van der Waals surface area (Å²) in [5.74, 6) is 0. The normalized spacial score (nSPS) is 9.94. The van der Waals surface area contributed by atoms with Crippen molar-refractivity contribution in [1.82, 2.24) is 4.98 Å². The summed E-state index contributed by atoms with van der Waals surface area (Å²) in [5.41, 5.74) is 4.06. The van der Waals surface area contributed by atoms with Crippen molar-refractivity contribution < 1.29 is 0 Å². The van der Waals surface area contributed by atoms with Crippen molar-refractivity contribution in [3.8, 4) is 6.07 Å². The summed E-state index contributed by atoms with van der Waals surface area (Å²) in [6.07, 6.45) is 0. The lowest BCUT2D eigenvalue weighted by Gasteiger charge is -2.09. The van der Waals surface area contributed by atoms with E-state index in [0.717, 1.165) is 10.6 Å². The van der Waals surface area contributed by atoms with E-state index in [2.05, 4.69) is 16.4 Å². The maximum absolute atomic E-state index is 9.00. The van der Waals surface area contributed by atoms with Crippen molar-refractivity contribution in [2.45, 2.75) is 13.5 Å². The molecule has 17 heavy (non-hydrogen) atoms. The van der Waals surface area contributed by atoms with Crippen LogP contribution in [0, 0.1) is 18.3 Å². The fourth-order valence-corrected chi connectivity index (χ4v) is 2.42. The number of nitrogens with zero attached hydrogens (tertiary/aromatic N) is 2. The predicted molar refractivity (Wildman–Crippen MR) is 70.3 cm³/mol. The topological polar surface area (TPSA) is 48.7 Å². The van der Waals surface area contributed by atoms with Crippen molar-refractivity contribution in [3.63, 3.8) is 0 Å². The summed E-state index contributed by atoms with van der Waals surface area (Å²) >= 11 is 7.65. The standard InChI is InChI=1S/C12H10ClN3S/c1-8-11(17-7-16-8)6-15-12-9(5-14)3-2-4-10(12)13/h2-4,7,15H,6H2,1H3. The highest BCUT2D eigenvalue weighted by molar-refractivity contribution is 7.09. The lowest BCUT2D eigenvalue weighted by Crippen LogP contribution is -2.01. The van der Waals surface area contributed by atoms with Crippen molar-refractivity contribution in [3.05, 3.63) is 44.9 Å². The molecule has 1 aromatic carbocycles. The molecule has 0 spiro atoms. The van der Waals surface area contributed by atoms with Gasteiger partial charge in [-0.3, -0.25) is 0 Å². The van der Waals surface area contributed by atoms with E-state index < -0.39 is 0 Å². The fraction of sp³-hybridized carbons (Fsp3) is 0.167. The molecule has 0 aliphatic heterocycles. The van der Waals surface area contributed by atoms with Crippen LogP contribution in [0.1, 0.15) is 16.1 Å². The van der Waals surface area contributed by atoms with Crippen LogP contribution in [0.15, 0.2) is 23.7 Å². The van der Waals surface area contributed by atoms with Crippen molar-refractivity contribution in [2.75, 3.05) is 5.32 Å². The smallest absolute Gasteiger partial charge is 0.101 e. The molecule has 3 nitrogen and oxygen atoms in total. The Balaban J connectivity index is 2.20. The Morgan fingerprint density at radius 2 is 2.35 bits per heavy atom. The van der Waals surface area contributed by atoms with E-state index in [9.17, 15) is 0 Å². The molecule has 0 aliphatic rings. The highest BCUT2D eigenvalue weighted by Gasteiger charge is 2.07. The summed E-state index contributed by atoms with van der Waals surface area (Å²) in [6.45, 7) is 2.60. The molecule has 1 N–H and O–H groups in total. The number of aryl methyl sites for hydroxylation is 1. The van der Waals surface area contributed by atoms with Crippen molar-refractivity contribution in [1.29, 1.82) is 5.26 Å². The minimum Gasteiger partial charge on any atom is -0.378 e. The van der Waals surface area contributed by atoms with Gasteiger partial charge in [-0.1, -0.05) is 17.7 Å². The number of aromatic nitrogens is 1. The van der Waals surface area contributed by atoms with Gasteiger partial charge in [-0.15, -0.1) is 11.3 Å². The molecule has 1 aromatic heterocycles. The van der Waals surface area contributed by atoms with E-state index >= 15 is 0 Å². The number of anilines is 1. The number of hydrogen-bond acceptors (Lipinski definition) is 4. The molecule has 0 atom stereocenters. The molecule has 0 aliphatic carbocycles. The van der Waals surface area contributed by atoms with Gasteiger partial charge < -0.3 is 5.32 Å². The monoisotopic (exact) mass is 263 g/mol. The number of rotatable bonds is 3. The van der Waals surface area contributed by atoms with E-state index in [0.29, 0.717) is 22.8 Å². The van der Waals surface area contributed by atoms with E-state index in [1.165, 1.54) is 0 Å². The second kappa shape index (κ2) is 5.17. The van der Waals surface area contributed by atoms with Gasteiger partial charge in [0.1, 0.15) is 6.07 Å². The number of nitrogens with one attached hydrogen (secondary N) is 1. The summed E-state index contributed by atoms with van der Waals surface area (Å²) in [7, 11) is 0. The van der Waals surface area contributed by atoms with Crippen molar-refractivity contribution >= 4 is 28.6 Å². The summed E-state index contributed by atoms with van der Waals surface area (Å²) in [6, 6.07) is 7.40. The average Bonchev–Trinajstić information content (AvgIpc) is 2.73. The Hall–Kier alpha value is -1.57. The number of thiazole rings is 1. The third kappa shape index (κ3) is 2.57. The summed E-state index contributed by atoms with van der Waals surface area (Å²) in [5, 5.41) is 12.7. The van der Waals surface area contributed by atoms with Gasteiger partial charge in [0.15, 0.2) is 0 Å². The van der Waals surface area contributed by atoms with E-state index in [4.69, 9.17) is 16.9 Å². The van der Waals surface area contributed by atoms with Crippen LogP contribution in [-0.4, -0.2) is 4.98 Å². The van der Waals surface area contributed by atoms with Gasteiger partial charge in [-0.05, 0) is 19.1 Å². The zero-order valence-electron chi connectivity index (χ0n) is 9.20. The van der Waals surface area contributed by atoms with Gasteiger partial charge in [0.05, 0.1) is 34.0 Å². The van der Waals surface area contributed by atoms with Gasteiger partial charge in [-0.2, -0.15) is 5.26 Å². The number of nitriles is 1. The van der Waals surface area contributed by atoms with Gasteiger partial charge in [0, 0.05) is 4.88 Å². The summed E-state index contributed by atoms with van der Waals surface area (Å²) < 4.78 is 0. The maximum atomic E-state index is 9.00. The quantitative estimate of drug-likeness (QED) is 0.921. The van der Waals surface area contributed by atoms with Crippen LogP contribution in [0.3, 0.4) is 0 Å². The molecule has 2 rings (SSSR count). The van der Waals surface area contributed by atoms with Crippen LogP contribution < -0.4 is 5.32 Å². The number of hydrogen-bond donors (Lipinski definition) is 1. The first-order chi connectivity index (χ1) is 8.22. The second-order valence-electron chi connectivity index (χ2n) is 3.49. The molecule has 1 heterocycles. The zero-order valence-corrected chi connectivity index (χ0v) is 10.8. The number of halogens is 1. The molecule has 0 amide bonds. The third-order valence-corrected chi connectivity index (χ3v) is 3.65. The van der Waals surface area contributed by atoms with Crippen LogP contribution >= 0.6 is 22.9 Å². The molecule has 0 saturated heterocycles. The molecule has 0 fully saturated rings. The lowest BCUT2D eigenvalue weighted by atomic mass is 10.2. The Morgan fingerprint density at radius 3 is 3.00 bits per heavy atom. The first-order valence-corrected chi connectivity index (χ1v) is 6.29. The van der Waals surface area contributed by atoms with Crippen LogP contribution in [0.2, 0.25) is 5.02 Å². The maximum Gasteiger partial charge on any atom is 0.101 e. The largest absolute Gasteiger partial charge is 0.378 e. The predicted octanol–water partition coefficient (Wildman–Crippen LogP) is 3.59. The fourth-order valence-electron chi connectivity index (χ4n) is 1.46. The third-order valence-electron chi connectivity index (χ3n) is 2.40. The van der Waals surface area contributed by atoms with E-state index in [1.807, 2.05) is 12.4 Å². The first kappa shape index (κ1) is 11.9.